The van der Waals surface area contributed by atoms with Crippen LogP contribution in [0.15, 0.2) is 18.2 Å². The van der Waals surface area contributed by atoms with Gasteiger partial charge in [-0.3, -0.25) is 0 Å². The molecule has 1 fully saturated rings. The summed E-state index contributed by atoms with van der Waals surface area (Å²) in [5.41, 5.74) is 1.27. The molecule has 0 saturated carbocycles. The molecule has 0 amide bonds. The lowest BCUT2D eigenvalue weighted by Crippen LogP contribution is -2.20. The van der Waals surface area contributed by atoms with Crippen molar-refractivity contribution in [2.24, 2.45) is 5.92 Å². The molecule has 0 N–H and O–H groups in total. The average Bonchev–Trinajstić information content (AvgIpc) is 1.95. The number of hydrogen-bond acceptors (Lipinski definition) is 1. The van der Waals surface area contributed by atoms with Crippen LogP contribution in [0.3, 0.4) is 0 Å². The highest BCUT2D eigenvalue weighted by Gasteiger charge is 2.18. The largest absolute Gasteiger partial charge is 0.161 e. The van der Waals surface area contributed by atoms with E-state index in [4.69, 9.17) is 23.2 Å². The van der Waals surface area contributed by atoms with Crippen LogP contribution < -0.4 is 0 Å². The standard InChI is InChI=1S/C10H10Cl2S/c11-9-2-7(3-10(12)4-9)1-8-5-13-6-8/h2-4,8H,1,5-6H2. The molecule has 2 rings (SSSR count). The van der Waals surface area contributed by atoms with E-state index in [1.54, 1.807) is 6.07 Å². The van der Waals surface area contributed by atoms with Gasteiger partial charge < -0.3 is 0 Å². The first-order valence-corrected chi connectivity index (χ1v) is 6.18. The van der Waals surface area contributed by atoms with Gasteiger partial charge in [0.05, 0.1) is 0 Å². The summed E-state index contributed by atoms with van der Waals surface area (Å²) in [4.78, 5) is 0. The summed E-state index contributed by atoms with van der Waals surface area (Å²) in [7, 11) is 0. The van der Waals surface area contributed by atoms with Gasteiger partial charge in [0.25, 0.3) is 0 Å². The average molecular weight is 233 g/mol. The maximum absolute atomic E-state index is 5.91. The van der Waals surface area contributed by atoms with Crippen LogP contribution >= 0.6 is 35.0 Å². The Morgan fingerprint density at radius 1 is 1.15 bits per heavy atom. The van der Waals surface area contributed by atoms with Crippen molar-refractivity contribution >= 4 is 35.0 Å². The first-order chi connectivity index (χ1) is 6.24. The van der Waals surface area contributed by atoms with E-state index in [-0.39, 0.29) is 0 Å². The van der Waals surface area contributed by atoms with Crippen molar-refractivity contribution in [1.82, 2.24) is 0 Å². The van der Waals surface area contributed by atoms with Crippen LogP contribution in [-0.2, 0) is 6.42 Å². The second kappa shape index (κ2) is 4.12. The van der Waals surface area contributed by atoms with Gasteiger partial charge in [-0.05, 0) is 47.6 Å². The third-order valence-corrected chi connectivity index (χ3v) is 4.00. The van der Waals surface area contributed by atoms with Crippen molar-refractivity contribution in [3.63, 3.8) is 0 Å². The molecule has 0 atom stereocenters. The molecule has 1 saturated heterocycles. The van der Waals surface area contributed by atoms with Crippen LogP contribution in [0.1, 0.15) is 5.56 Å². The van der Waals surface area contributed by atoms with E-state index in [9.17, 15) is 0 Å². The fourth-order valence-corrected chi connectivity index (χ4v) is 2.84. The summed E-state index contributed by atoms with van der Waals surface area (Å²) in [5, 5.41) is 1.49. The number of rotatable bonds is 2. The lowest BCUT2D eigenvalue weighted by Gasteiger charge is -2.24. The number of hydrogen-bond donors (Lipinski definition) is 0. The van der Waals surface area contributed by atoms with Crippen molar-refractivity contribution in [3.8, 4) is 0 Å². The Labute approximate surface area is 92.6 Å². The Morgan fingerprint density at radius 2 is 1.77 bits per heavy atom. The molecular formula is C10H10Cl2S. The molecule has 0 aromatic heterocycles. The van der Waals surface area contributed by atoms with E-state index >= 15 is 0 Å². The Morgan fingerprint density at radius 3 is 2.23 bits per heavy atom. The quantitative estimate of drug-likeness (QED) is 0.746. The van der Waals surface area contributed by atoms with E-state index in [0.717, 1.165) is 22.4 Å². The van der Waals surface area contributed by atoms with Gasteiger partial charge in [-0.15, -0.1) is 0 Å². The second-order valence-electron chi connectivity index (χ2n) is 3.39. The highest BCUT2D eigenvalue weighted by molar-refractivity contribution is 8.00. The zero-order chi connectivity index (χ0) is 9.26. The van der Waals surface area contributed by atoms with Gasteiger partial charge in [0.2, 0.25) is 0 Å². The summed E-state index contributed by atoms with van der Waals surface area (Å²) < 4.78 is 0. The third kappa shape index (κ3) is 2.55. The van der Waals surface area contributed by atoms with E-state index in [0.29, 0.717) is 0 Å². The van der Waals surface area contributed by atoms with E-state index in [1.165, 1.54) is 17.1 Å². The van der Waals surface area contributed by atoms with Crippen LogP contribution in [0.2, 0.25) is 10.0 Å². The minimum atomic E-state index is 0.745. The van der Waals surface area contributed by atoms with Gasteiger partial charge in [0, 0.05) is 10.0 Å². The summed E-state index contributed by atoms with van der Waals surface area (Å²) in [5.74, 6) is 3.40. The topological polar surface area (TPSA) is 0 Å². The second-order valence-corrected chi connectivity index (χ2v) is 5.33. The van der Waals surface area contributed by atoms with E-state index in [2.05, 4.69) is 0 Å². The van der Waals surface area contributed by atoms with Gasteiger partial charge in [0.15, 0.2) is 0 Å². The van der Waals surface area contributed by atoms with Crippen molar-refractivity contribution in [2.45, 2.75) is 6.42 Å². The lowest BCUT2D eigenvalue weighted by atomic mass is 10.0. The molecule has 0 nitrogen and oxygen atoms in total. The monoisotopic (exact) mass is 232 g/mol. The smallest absolute Gasteiger partial charge is 0.0423 e. The minimum Gasteiger partial charge on any atom is -0.161 e. The highest BCUT2D eigenvalue weighted by Crippen LogP contribution is 2.29. The van der Waals surface area contributed by atoms with E-state index in [1.807, 2.05) is 23.9 Å². The maximum atomic E-state index is 5.91. The molecule has 1 aromatic carbocycles. The molecule has 1 aromatic rings. The molecule has 0 spiro atoms. The molecule has 3 heteroatoms. The predicted octanol–water partition coefficient (Wildman–Crippen LogP) is 3.90. The van der Waals surface area contributed by atoms with Gasteiger partial charge in [-0.25, -0.2) is 0 Å². The van der Waals surface area contributed by atoms with Crippen molar-refractivity contribution in [3.05, 3.63) is 33.8 Å². The molecule has 1 heterocycles. The van der Waals surface area contributed by atoms with E-state index < -0.39 is 0 Å². The third-order valence-electron chi connectivity index (χ3n) is 2.15. The minimum absolute atomic E-state index is 0.745. The molecule has 0 radical (unpaired) electrons. The fourth-order valence-electron chi connectivity index (χ4n) is 1.46. The first-order valence-electron chi connectivity index (χ1n) is 4.27. The predicted molar refractivity (Wildman–Crippen MR) is 61.0 cm³/mol. The number of benzene rings is 1. The van der Waals surface area contributed by atoms with Crippen LogP contribution in [-0.4, -0.2) is 11.5 Å². The zero-order valence-corrected chi connectivity index (χ0v) is 9.42. The van der Waals surface area contributed by atoms with Crippen LogP contribution in [0.5, 0.6) is 0 Å². The summed E-state index contributed by atoms with van der Waals surface area (Å²) in [6.07, 6.45) is 1.12. The molecule has 0 unspecified atom stereocenters. The van der Waals surface area contributed by atoms with Gasteiger partial charge in [-0.1, -0.05) is 23.2 Å². The highest BCUT2D eigenvalue weighted by atomic mass is 35.5. The molecule has 0 bridgehead atoms. The van der Waals surface area contributed by atoms with Crippen molar-refractivity contribution in [1.29, 1.82) is 0 Å². The summed E-state index contributed by atoms with van der Waals surface area (Å²) >= 11 is 13.8. The Hall–Kier alpha value is 0.150. The Bertz CT molecular complexity index is 288. The number of thioether (sulfide) groups is 1. The van der Waals surface area contributed by atoms with Gasteiger partial charge in [-0.2, -0.15) is 11.8 Å². The normalized spacial score (nSPS) is 17.1. The summed E-state index contributed by atoms with van der Waals surface area (Å²) in [6, 6.07) is 5.80. The van der Waals surface area contributed by atoms with Crippen LogP contribution in [0.25, 0.3) is 0 Å². The van der Waals surface area contributed by atoms with Crippen molar-refractivity contribution < 1.29 is 0 Å². The van der Waals surface area contributed by atoms with Crippen molar-refractivity contribution in [2.75, 3.05) is 11.5 Å². The lowest BCUT2D eigenvalue weighted by molar-refractivity contribution is 0.637. The molecule has 70 valence electrons. The van der Waals surface area contributed by atoms with Crippen LogP contribution in [0, 0.1) is 5.92 Å². The van der Waals surface area contributed by atoms with Gasteiger partial charge in [0.1, 0.15) is 0 Å². The Kier molecular flexibility index (Phi) is 3.07. The zero-order valence-electron chi connectivity index (χ0n) is 7.09. The molecular weight excluding hydrogens is 223 g/mol. The van der Waals surface area contributed by atoms with Gasteiger partial charge >= 0.3 is 0 Å². The first kappa shape index (κ1) is 9.70. The SMILES string of the molecule is Clc1cc(Cl)cc(CC2CSC2)c1. The maximum Gasteiger partial charge on any atom is 0.0423 e. The molecule has 1 aliphatic heterocycles. The molecule has 1 aliphatic rings. The fraction of sp³-hybridized carbons (Fsp3) is 0.400. The summed E-state index contributed by atoms with van der Waals surface area (Å²) in [6.45, 7) is 0. The molecule has 13 heavy (non-hydrogen) atoms. The Balaban J connectivity index is 2.10. The van der Waals surface area contributed by atoms with Crippen LogP contribution in [0.4, 0.5) is 0 Å². The molecule has 0 aliphatic carbocycles. The number of halogens is 2.